The van der Waals surface area contributed by atoms with Gasteiger partial charge >= 0.3 is 6.03 Å². The first-order chi connectivity index (χ1) is 10.5. The lowest BCUT2D eigenvalue weighted by atomic mass is 9.98. The van der Waals surface area contributed by atoms with Crippen LogP contribution in [0.25, 0.3) is 0 Å². The normalized spacial score (nSPS) is 26.4. The Balaban J connectivity index is 0.00000192. The number of imide groups is 1. The van der Waals surface area contributed by atoms with Gasteiger partial charge in [-0.1, -0.05) is 12.8 Å². The highest BCUT2D eigenvalue weighted by molar-refractivity contribution is 6.07. The maximum atomic E-state index is 12.5. The minimum absolute atomic E-state index is 0. The van der Waals surface area contributed by atoms with Crippen molar-refractivity contribution in [3.05, 3.63) is 0 Å². The molecule has 0 aromatic carbocycles. The van der Waals surface area contributed by atoms with Gasteiger partial charge in [0.1, 0.15) is 5.54 Å². The fourth-order valence-corrected chi connectivity index (χ4v) is 3.76. The van der Waals surface area contributed by atoms with E-state index >= 15 is 0 Å². The van der Waals surface area contributed by atoms with Crippen molar-refractivity contribution in [2.75, 3.05) is 26.2 Å². The molecule has 23 heavy (non-hydrogen) atoms. The molecule has 4 amide bonds. The van der Waals surface area contributed by atoms with E-state index in [0.29, 0.717) is 6.54 Å². The molecule has 2 N–H and O–H groups in total. The van der Waals surface area contributed by atoms with Crippen LogP contribution in [0.5, 0.6) is 0 Å². The number of halogens is 1. The van der Waals surface area contributed by atoms with Gasteiger partial charge in [0.05, 0.1) is 0 Å². The number of carbonyl (C=O) groups is 3. The third-order valence-electron chi connectivity index (χ3n) is 5.07. The van der Waals surface area contributed by atoms with Crippen LogP contribution in [0.1, 0.15) is 39.0 Å². The standard InChI is InChI=1S/C15H24N4O3.ClH/c1-11-10-16-7-9-18(11)12(20)4-8-19-13(21)15(17-14(19)22)5-2-3-6-15;/h11,16H,2-10H2,1H3,(H,17,22);1H/t11-;/m1./s1. The molecule has 2 heterocycles. The van der Waals surface area contributed by atoms with Crippen LogP contribution in [0.2, 0.25) is 0 Å². The van der Waals surface area contributed by atoms with E-state index in [1.807, 2.05) is 11.8 Å². The average Bonchev–Trinajstić information content (AvgIpc) is 3.05. The topological polar surface area (TPSA) is 81.8 Å². The predicted molar refractivity (Wildman–Crippen MR) is 87.4 cm³/mol. The first kappa shape index (κ1) is 18.0. The fraction of sp³-hybridized carbons (Fsp3) is 0.800. The van der Waals surface area contributed by atoms with E-state index in [0.717, 1.165) is 38.8 Å². The second-order valence-corrected chi connectivity index (χ2v) is 6.57. The van der Waals surface area contributed by atoms with Crippen molar-refractivity contribution in [1.29, 1.82) is 0 Å². The molecular weight excluding hydrogens is 320 g/mol. The Kier molecular flexibility index (Phi) is 5.52. The summed E-state index contributed by atoms with van der Waals surface area (Å²) in [6.45, 7) is 4.46. The van der Waals surface area contributed by atoms with Gasteiger partial charge in [0.2, 0.25) is 5.91 Å². The van der Waals surface area contributed by atoms with Crippen molar-refractivity contribution in [2.45, 2.75) is 50.6 Å². The highest BCUT2D eigenvalue weighted by Gasteiger charge is 2.52. The number of rotatable bonds is 3. The van der Waals surface area contributed by atoms with E-state index in [2.05, 4.69) is 10.6 Å². The highest BCUT2D eigenvalue weighted by atomic mass is 35.5. The molecule has 0 bridgehead atoms. The number of piperazine rings is 1. The summed E-state index contributed by atoms with van der Waals surface area (Å²) in [5, 5.41) is 6.08. The van der Waals surface area contributed by atoms with Crippen LogP contribution < -0.4 is 10.6 Å². The number of carbonyl (C=O) groups excluding carboxylic acids is 3. The van der Waals surface area contributed by atoms with Crippen molar-refractivity contribution in [2.24, 2.45) is 0 Å². The largest absolute Gasteiger partial charge is 0.337 e. The number of hydrogen-bond donors (Lipinski definition) is 2. The molecule has 2 aliphatic heterocycles. The Hall–Kier alpha value is -1.34. The molecule has 8 heteroatoms. The van der Waals surface area contributed by atoms with Gasteiger partial charge in [0.15, 0.2) is 0 Å². The quantitative estimate of drug-likeness (QED) is 0.730. The van der Waals surface area contributed by atoms with Crippen LogP contribution >= 0.6 is 12.4 Å². The average molecular weight is 345 g/mol. The third kappa shape index (κ3) is 3.30. The van der Waals surface area contributed by atoms with Gasteiger partial charge in [-0.25, -0.2) is 4.79 Å². The number of amides is 4. The van der Waals surface area contributed by atoms with Crippen molar-refractivity contribution < 1.29 is 14.4 Å². The van der Waals surface area contributed by atoms with E-state index in [4.69, 9.17) is 0 Å². The molecule has 0 radical (unpaired) electrons. The molecule has 7 nitrogen and oxygen atoms in total. The van der Waals surface area contributed by atoms with Crippen molar-refractivity contribution in [3.63, 3.8) is 0 Å². The Morgan fingerprint density at radius 2 is 2.00 bits per heavy atom. The second-order valence-electron chi connectivity index (χ2n) is 6.57. The van der Waals surface area contributed by atoms with E-state index in [-0.39, 0.29) is 49.3 Å². The summed E-state index contributed by atoms with van der Waals surface area (Å²) in [4.78, 5) is 39.9. The minimum Gasteiger partial charge on any atom is -0.337 e. The zero-order valence-corrected chi connectivity index (χ0v) is 14.3. The smallest absolute Gasteiger partial charge is 0.325 e. The third-order valence-corrected chi connectivity index (χ3v) is 5.07. The Bertz CT molecular complexity index is 493. The van der Waals surface area contributed by atoms with Crippen LogP contribution in [-0.2, 0) is 9.59 Å². The van der Waals surface area contributed by atoms with Gasteiger partial charge in [-0.05, 0) is 19.8 Å². The number of urea groups is 1. The van der Waals surface area contributed by atoms with Gasteiger partial charge in [0.25, 0.3) is 5.91 Å². The lowest BCUT2D eigenvalue weighted by Crippen LogP contribution is -2.52. The van der Waals surface area contributed by atoms with E-state index in [1.54, 1.807) is 0 Å². The molecule has 1 aliphatic carbocycles. The lowest BCUT2D eigenvalue weighted by Gasteiger charge is -2.34. The number of nitrogens with zero attached hydrogens (tertiary/aromatic N) is 2. The predicted octanol–water partition coefficient (Wildman–Crippen LogP) is 0.483. The molecule has 0 unspecified atom stereocenters. The van der Waals surface area contributed by atoms with Crippen molar-refractivity contribution >= 4 is 30.3 Å². The van der Waals surface area contributed by atoms with Crippen LogP contribution in [0, 0.1) is 0 Å². The summed E-state index contributed by atoms with van der Waals surface area (Å²) in [6.07, 6.45) is 3.58. The SMILES string of the molecule is C[C@@H]1CNCCN1C(=O)CCN1C(=O)NC2(CCCC2)C1=O.Cl. The molecule has 3 fully saturated rings. The summed E-state index contributed by atoms with van der Waals surface area (Å²) >= 11 is 0. The van der Waals surface area contributed by atoms with Gasteiger partial charge < -0.3 is 15.5 Å². The molecule has 3 aliphatic rings. The molecule has 1 saturated carbocycles. The maximum Gasteiger partial charge on any atom is 0.325 e. The first-order valence-electron chi connectivity index (χ1n) is 8.18. The zero-order valence-electron chi connectivity index (χ0n) is 13.5. The molecule has 1 spiro atoms. The van der Waals surface area contributed by atoms with E-state index in [9.17, 15) is 14.4 Å². The van der Waals surface area contributed by atoms with Crippen LogP contribution in [0.4, 0.5) is 4.79 Å². The van der Waals surface area contributed by atoms with Gasteiger partial charge in [0, 0.05) is 38.6 Å². The Morgan fingerprint density at radius 1 is 1.30 bits per heavy atom. The summed E-state index contributed by atoms with van der Waals surface area (Å²) in [7, 11) is 0. The second kappa shape index (κ2) is 7.05. The van der Waals surface area contributed by atoms with Gasteiger partial charge in [-0.3, -0.25) is 14.5 Å². The maximum absolute atomic E-state index is 12.5. The molecule has 130 valence electrons. The molecular formula is C15H25ClN4O3. The summed E-state index contributed by atoms with van der Waals surface area (Å²) in [6, 6.07) is -0.182. The highest BCUT2D eigenvalue weighted by Crippen LogP contribution is 2.35. The Morgan fingerprint density at radius 3 is 2.65 bits per heavy atom. The lowest BCUT2D eigenvalue weighted by molar-refractivity contribution is -0.135. The molecule has 2 saturated heterocycles. The number of hydrogen-bond acceptors (Lipinski definition) is 4. The monoisotopic (exact) mass is 344 g/mol. The first-order valence-corrected chi connectivity index (χ1v) is 8.18. The summed E-state index contributed by atoms with van der Waals surface area (Å²) < 4.78 is 0. The zero-order chi connectivity index (χ0) is 15.7. The van der Waals surface area contributed by atoms with E-state index in [1.165, 1.54) is 4.90 Å². The molecule has 1 atom stereocenters. The molecule has 0 aromatic rings. The van der Waals surface area contributed by atoms with Crippen LogP contribution in [0.15, 0.2) is 0 Å². The number of nitrogens with one attached hydrogen (secondary N) is 2. The van der Waals surface area contributed by atoms with Crippen LogP contribution in [-0.4, -0.2) is 65.4 Å². The van der Waals surface area contributed by atoms with Gasteiger partial charge in [-0.2, -0.15) is 0 Å². The van der Waals surface area contributed by atoms with Crippen molar-refractivity contribution in [3.8, 4) is 0 Å². The van der Waals surface area contributed by atoms with Crippen LogP contribution in [0.3, 0.4) is 0 Å². The molecule has 0 aromatic heterocycles. The minimum atomic E-state index is -0.678. The fourth-order valence-electron chi connectivity index (χ4n) is 3.76. The summed E-state index contributed by atoms with van der Waals surface area (Å²) in [5.41, 5.74) is -0.678. The van der Waals surface area contributed by atoms with E-state index < -0.39 is 5.54 Å². The Labute approximate surface area is 142 Å². The van der Waals surface area contributed by atoms with Crippen molar-refractivity contribution in [1.82, 2.24) is 20.4 Å². The van der Waals surface area contributed by atoms with Gasteiger partial charge in [-0.15, -0.1) is 12.4 Å². The molecule has 3 rings (SSSR count). The summed E-state index contributed by atoms with van der Waals surface area (Å²) in [5.74, 6) is -0.127.